The van der Waals surface area contributed by atoms with Crippen molar-refractivity contribution >= 4 is 0 Å². The fourth-order valence-electron chi connectivity index (χ4n) is 1.44. The second kappa shape index (κ2) is 7.25. The van der Waals surface area contributed by atoms with Gasteiger partial charge in [0.1, 0.15) is 5.75 Å². The number of rotatable bonds is 7. The average molecular weight is 223 g/mol. The predicted octanol–water partition coefficient (Wildman–Crippen LogP) is 1.95. The monoisotopic (exact) mass is 223 g/mol. The van der Waals surface area contributed by atoms with Gasteiger partial charge in [0.2, 0.25) is 0 Å². The lowest BCUT2D eigenvalue weighted by molar-refractivity contribution is 0.242. The molecule has 2 N–H and O–H groups in total. The molecule has 0 radical (unpaired) electrons. The summed E-state index contributed by atoms with van der Waals surface area (Å²) >= 11 is 0. The first-order chi connectivity index (χ1) is 7.72. The summed E-state index contributed by atoms with van der Waals surface area (Å²) in [5.41, 5.74) is 1.20. The van der Waals surface area contributed by atoms with Crippen LogP contribution in [0.2, 0.25) is 0 Å². The van der Waals surface area contributed by atoms with Crippen molar-refractivity contribution in [2.45, 2.75) is 32.9 Å². The summed E-state index contributed by atoms with van der Waals surface area (Å²) in [6.07, 6.45) is 1.000. The molecule has 0 aliphatic carbocycles. The molecule has 90 valence electrons. The highest BCUT2D eigenvalue weighted by Gasteiger charge is 1.99. The largest absolute Gasteiger partial charge is 0.491 e. The fraction of sp³-hybridized carbons (Fsp3) is 0.538. The smallest absolute Gasteiger partial charge is 0.120 e. The molecule has 3 nitrogen and oxygen atoms in total. The molecule has 0 aromatic heterocycles. The van der Waals surface area contributed by atoms with E-state index in [0.29, 0.717) is 0 Å². The van der Waals surface area contributed by atoms with Crippen LogP contribution in [-0.4, -0.2) is 24.4 Å². The number of hydrogen-bond donors (Lipinski definition) is 2. The van der Waals surface area contributed by atoms with E-state index in [1.807, 2.05) is 32.0 Å². The Morgan fingerprint density at radius 3 is 2.88 bits per heavy atom. The lowest BCUT2D eigenvalue weighted by Crippen LogP contribution is -2.15. The van der Waals surface area contributed by atoms with Gasteiger partial charge in [-0.15, -0.1) is 0 Å². The van der Waals surface area contributed by atoms with Crippen LogP contribution < -0.4 is 10.1 Å². The second-order valence-electron chi connectivity index (χ2n) is 4.07. The Kier molecular flexibility index (Phi) is 5.90. The third kappa shape index (κ3) is 5.14. The van der Waals surface area contributed by atoms with Gasteiger partial charge in [-0.25, -0.2) is 0 Å². The van der Waals surface area contributed by atoms with E-state index in [4.69, 9.17) is 9.84 Å². The summed E-state index contributed by atoms with van der Waals surface area (Å²) in [6, 6.07) is 8.09. The second-order valence-corrected chi connectivity index (χ2v) is 4.07. The van der Waals surface area contributed by atoms with Crippen LogP contribution >= 0.6 is 0 Å². The third-order valence-corrected chi connectivity index (χ3v) is 2.11. The number of hydrogen-bond acceptors (Lipinski definition) is 3. The van der Waals surface area contributed by atoms with Crippen molar-refractivity contribution in [3.8, 4) is 5.75 Å². The summed E-state index contributed by atoms with van der Waals surface area (Å²) in [5, 5.41) is 11.9. The average Bonchev–Trinajstić information content (AvgIpc) is 2.24. The topological polar surface area (TPSA) is 41.5 Å². The predicted molar refractivity (Wildman–Crippen MR) is 65.6 cm³/mol. The molecule has 0 aliphatic rings. The Morgan fingerprint density at radius 1 is 1.38 bits per heavy atom. The van der Waals surface area contributed by atoms with Crippen molar-refractivity contribution in [3.05, 3.63) is 29.8 Å². The highest BCUT2D eigenvalue weighted by Crippen LogP contribution is 2.14. The van der Waals surface area contributed by atoms with Gasteiger partial charge in [-0.3, -0.25) is 0 Å². The Bertz CT molecular complexity index is 300. The molecule has 1 rings (SSSR count). The Morgan fingerprint density at radius 2 is 2.19 bits per heavy atom. The summed E-state index contributed by atoms with van der Waals surface area (Å²) in [6.45, 7) is 5.93. The molecule has 3 heteroatoms. The van der Waals surface area contributed by atoms with Crippen molar-refractivity contribution in [1.82, 2.24) is 5.32 Å². The molecule has 0 atom stereocenters. The quantitative estimate of drug-likeness (QED) is 0.694. The summed E-state index contributed by atoms with van der Waals surface area (Å²) in [5.74, 6) is 0.913. The molecular formula is C13H21NO2. The molecule has 0 bridgehead atoms. The van der Waals surface area contributed by atoms with E-state index in [0.717, 1.165) is 25.3 Å². The minimum Gasteiger partial charge on any atom is -0.491 e. The summed E-state index contributed by atoms with van der Waals surface area (Å²) in [7, 11) is 0. The van der Waals surface area contributed by atoms with Gasteiger partial charge < -0.3 is 15.2 Å². The first-order valence-electron chi connectivity index (χ1n) is 5.79. The number of benzene rings is 1. The minimum atomic E-state index is 0.206. The maximum absolute atomic E-state index is 8.65. The van der Waals surface area contributed by atoms with Crippen LogP contribution in [0.15, 0.2) is 24.3 Å². The van der Waals surface area contributed by atoms with Gasteiger partial charge in [-0.05, 0) is 44.5 Å². The van der Waals surface area contributed by atoms with Gasteiger partial charge in [0.25, 0.3) is 0 Å². The number of ether oxygens (including phenoxy) is 1. The highest BCUT2D eigenvalue weighted by molar-refractivity contribution is 5.28. The van der Waals surface area contributed by atoms with Crippen molar-refractivity contribution in [2.75, 3.05) is 13.2 Å². The van der Waals surface area contributed by atoms with E-state index in [9.17, 15) is 0 Å². The molecule has 1 aromatic rings. The number of nitrogens with one attached hydrogen (secondary N) is 1. The maximum atomic E-state index is 8.65. The molecule has 1 aromatic carbocycles. The van der Waals surface area contributed by atoms with E-state index in [2.05, 4.69) is 11.4 Å². The van der Waals surface area contributed by atoms with Crippen LogP contribution in [0.4, 0.5) is 0 Å². The maximum Gasteiger partial charge on any atom is 0.120 e. The molecule has 0 heterocycles. The molecule has 16 heavy (non-hydrogen) atoms. The zero-order valence-corrected chi connectivity index (χ0v) is 10.1. The molecule has 0 unspecified atom stereocenters. The Balaban J connectivity index is 2.41. The number of aliphatic hydroxyl groups is 1. The van der Waals surface area contributed by atoms with Gasteiger partial charge in [0, 0.05) is 13.2 Å². The molecule has 0 aliphatic heterocycles. The van der Waals surface area contributed by atoms with Crippen LogP contribution in [0, 0.1) is 0 Å². The zero-order chi connectivity index (χ0) is 11.8. The van der Waals surface area contributed by atoms with Crippen molar-refractivity contribution in [3.63, 3.8) is 0 Å². The van der Waals surface area contributed by atoms with Gasteiger partial charge in [0.15, 0.2) is 0 Å². The lowest BCUT2D eigenvalue weighted by Gasteiger charge is -2.11. The van der Waals surface area contributed by atoms with Crippen LogP contribution in [0.1, 0.15) is 25.8 Å². The standard InChI is InChI=1S/C13H21NO2/c1-11(2)16-13-6-3-5-12(9-13)10-14-7-4-8-15/h3,5-6,9,11,14-15H,4,7-8,10H2,1-2H3. The SMILES string of the molecule is CC(C)Oc1cccc(CNCCCO)c1. The summed E-state index contributed by atoms with van der Waals surface area (Å²) < 4.78 is 5.61. The van der Waals surface area contributed by atoms with Gasteiger partial charge in [-0.1, -0.05) is 12.1 Å². The minimum absolute atomic E-state index is 0.206. The van der Waals surface area contributed by atoms with E-state index >= 15 is 0 Å². The van der Waals surface area contributed by atoms with Crippen molar-refractivity contribution in [1.29, 1.82) is 0 Å². The van der Waals surface area contributed by atoms with Crippen LogP contribution in [0.3, 0.4) is 0 Å². The van der Waals surface area contributed by atoms with Crippen LogP contribution in [0.5, 0.6) is 5.75 Å². The zero-order valence-electron chi connectivity index (χ0n) is 10.1. The molecule has 0 spiro atoms. The van der Waals surface area contributed by atoms with Crippen molar-refractivity contribution in [2.24, 2.45) is 0 Å². The van der Waals surface area contributed by atoms with Gasteiger partial charge in [-0.2, -0.15) is 0 Å². The molecule has 0 fully saturated rings. The van der Waals surface area contributed by atoms with E-state index in [1.54, 1.807) is 0 Å². The third-order valence-electron chi connectivity index (χ3n) is 2.11. The molecule has 0 saturated heterocycles. The van der Waals surface area contributed by atoms with E-state index in [-0.39, 0.29) is 12.7 Å². The highest BCUT2D eigenvalue weighted by atomic mass is 16.5. The van der Waals surface area contributed by atoms with Crippen LogP contribution in [0.25, 0.3) is 0 Å². The molecule has 0 amide bonds. The first kappa shape index (κ1) is 13.0. The van der Waals surface area contributed by atoms with Crippen LogP contribution in [-0.2, 0) is 6.54 Å². The summed E-state index contributed by atoms with van der Waals surface area (Å²) in [4.78, 5) is 0. The number of aliphatic hydroxyl groups excluding tert-OH is 1. The molecule has 0 saturated carbocycles. The Hall–Kier alpha value is -1.06. The Labute approximate surface area is 97.4 Å². The molecular weight excluding hydrogens is 202 g/mol. The van der Waals surface area contributed by atoms with Gasteiger partial charge in [0.05, 0.1) is 6.10 Å². The van der Waals surface area contributed by atoms with Gasteiger partial charge >= 0.3 is 0 Å². The first-order valence-corrected chi connectivity index (χ1v) is 5.79. The fourth-order valence-corrected chi connectivity index (χ4v) is 1.44. The lowest BCUT2D eigenvalue weighted by atomic mass is 10.2. The van der Waals surface area contributed by atoms with E-state index in [1.165, 1.54) is 5.56 Å². The van der Waals surface area contributed by atoms with Crippen molar-refractivity contribution < 1.29 is 9.84 Å². The normalized spacial score (nSPS) is 10.8. The van der Waals surface area contributed by atoms with E-state index < -0.39 is 0 Å².